The Balaban J connectivity index is 1.86. The van der Waals surface area contributed by atoms with Gasteiger partial charge in [0.2, 0.25) is 0 Å². The van der Waals surface area contributed by atoms with E-state index in [9.17, 15) is 0 Å². The minimum absolute atomic E-state index is 0.432. The van der Waals surface area contributed by atoms with Gasteiger partial charge in [-0.05, 0) is 13.8 Å². The number of nitrogens with zero attached hydrogens (tertiary/aromatic N) is 2. The Bertz CT molecular complexity index is 344. The number of aromatic nitrogens is 1. The molecular formula is C9H14N4O. The molecule has 0 saturated carbocycles. The lowest BCUT2D eigenvalue weighted by atomic mass is 10.3. The van der Waals surface area contributed by atoms with Crippen molar-refractivity contribution in [3.05, 3.63) is 17.5 Å². The van der Waals surface area contributed by atoms with Gasteiger partial charge in [-0.2, -0.15) is 0 Å². The van der Waals surface area contributed by atoms with Gasteiger partial charge >= 0.3 is 0 Å². The molecule has 76 valence electrons. The molecule has 1 unspecified atom stereocenters. The van der Waals surface area contributed by atoms with Crippen LogP contribution in [0.1, 0.15) is 18.2 Å². The second kappa shape index (κ2) is 3.69. The summed E-state index contributed by atoms with van der Waals surface area (Å²) in [5, 5.41) is 10.2. The van der Waals surface area contributed by atoms with Crippen LogP contribution in [0.4, 0.5) is 0 Å². The van der Waals surface area contributed by atoms with Gasteiger partial charge in [-0.25, -0.2) is 0 Å². The average Bonchev–Trinajstić information content (AvgIpc) is 2.72. The third kappa shape index (κ3) is 1.86. The number of rotatable bonds is 2. The van der Waals surface area contributed by atoms with Gasteiger partial charge in [-0.1, -0.05) is 5.16 Å². The second-order valence-corrected chi connectivity index (χ2v) is 3.51. The van der Waals surface area contributed by atoms with Gasteiger partial charge in [-0.3, -0.25) is 4.99 Å². The van der Waals surface area contributed by atoms with E-state index in [2.05, 4.69) is 27.7 Å². The van der Waals surface area contributed by atoms with Gasteiger partial charge in [-0.15, -0.1) is 0 Å². The zero-order valence-electron chi connectivity index (χ0n) is 8.37. The fraction of sp³-hybridized carbons (Fsp3) is 0.556. The van der Waals surface area contributed by atoms with Crippen molar-refractivity contribution < 1.29 is 4.52 Å². The highest BCUT2D eigenvalue weighted by atomic mass is 16.5. The Morgan fingerprint density at radius 2 is 2.57 bits per heavy atom. The summed E-state index contributed by atoms with van der Waals surface area (Å²) >= 11 is 0. The number of hydrogen-bond acceptors (Lipinski definition) is 5. The zero-order chi connectivity index (χ0) is 9.97. The van der Waals surface area contributed by atoms with E-state index in [4.69, 9.17) is 4.52 Å². The van der Waals surface area contributed by atoms with E-state index in [1.807, 2.05) is 6.92 Å². The molecule has 0 spiro atoms. The number of hydrogen-bond donors (Lipinski definition) is 2. The summed E-state index contributed by atoms with van der Waals surface area (Å²) in [5.74, 6) is 0.859. The van der Waals surface area contributed by atoms with Gasteiger partial charge in [0.05, 0.1) is 12.2 Å². The van der Waals surface area contributed by atoms with Crippen LogP contribution in [0.5, 0.6) is 0 Å². The van der Waals surface area contributed by atoms with Gasteiger partial charge in [0, 0.05) is 18.2 Å². The van der Waals surface area contributed by atoms with Gasteiger partial charge in [0.25, 0.3) is 0 Å². The first-order valence-electron chi connectivity index (χ1n) is 4.70. The van der Waals surface area contributed by atoms with E-state index in [-0.39, 0.29) is 0 Å². The molecule has 2 heterocycles. The van der Waals surface area contributed by atoms with Crippen molar-refractivity contribution in [2.75, 3.05) is 6.54 Å². The highest BCUT2D eigenvalue weighted by molar-refractivity contribution is 5.81. The summed E-state index contributed by atoms with van der Waals surface area (Å²) in [5.41, 5.74) is 1.98. The van der Waals surface area contributed by atoms with Crippen LogP contribution < -0.4 is 10.6 Å². The first-order chi connectivity index (χ1) is 6.75. The van der Waals surface area contributed by atoms with Crippen LogP contribution in [0, 0.1) is 6.92 Å². The molecule has 2 N–H and O–H groups in total. The quantitative estimate of drug-likeness (QED) is 0.716. The van der Waals surface area contributed by atoms with Gasteiger partial charge < -0.3 is 15.2 Å². The maximum atomic E-state index is 4.83. The lowest BCUT2D eigenvalue weighted by molar-refractivity contribution is 0.414. The summed E-state index contributed by atoms with van der Waals surface area (Å²) in [7, 11) is 0. The van der Waals surface area contributed by atoms with Gasteiger partial charge in [0.1, 0.15) is 6.26 Å². The molecule has 0 fully saturated rings. The smallest absolute Gasteiger partial charge is 0.191 e. The van der Waals surface area contributed by atoms with E-state index in [0.29, 0.717) is 12.6 Å². The zero-order valence-corrected chi connectivity index (χ0v) is 8.37. The molecule has 0 radical (unpaired) electrons. The molecule has 0 aliphatic carbocycles. The molecular weight excluding hydrogens is 180 g/mol. The van der Waals surface area contributed by atoms with Crippen molar-refractivity contribution in [2.24, 2.45) is 4.99 Å². The fourth-order valence-electron chi connectivity index (χ4n) is 1.32. The minimum Gasteiger partial charge on any atom is -0.364 e. The highest BCUT2D eigenvalue weighted by Crippen LogP contribution is 2.04. The molecule has 1 aromatic heterocycles. The maximum Gasteiger partial charge on any atom is 0.191 e. The summed E-state index contributed by atoms with van der Waals surface area (Å²) < 4.78 is 4.83. The van der Waals surface area contributed by atoms with Crippen LogP contribution >= 0.6 is 0 Å². The summed E-state index contributed by atoms with van der Waals surface area (Å²) in [6.45, 7) is 5.56. The molecule has 5 nitrogen and oxygen atoms in total. The van der Waals surface area contributed by atoms with E-state index in [0.717, 1.165) is 23.8 Å². The first kappa shape index (κ1) is 9.05. The molecule has 1 aliphatic rings. The highest BCUT2D eigenvalue weighted by Gasteiger charge is 2.12. The van der Waals surface area contributed by atoms with Crippen LogP contribution in [0.25, 0.3) is 0 Å². The van der Waals surface area contributed by atoms with Gasteiger partial charge in [0.15, 0.2) is 5.96 Å². The van der Waals surface area contributed by atoms with Crippen molar-refractivity contribution >= 4 is 5.96 Å². The van der Waals surface area contributed by atoms with Crippen LogP contribution in [0.15, 0.2) is 15.8 Å². The number of aliphatic imine (C=N–C) groups is 1. The number of guanidine groups is 1. The maximum absolute atomic E-state index is 4.83. The van der Waals surface area contributed by atoms with E-state index in [1.165, 1.54) is 0 Å². The lowest BCUT2D eigenvalue weighted by Crippen LogP contribution is -2.37. The monoisotopic (exact) mass is 194 g/mol. The molecule has 2 rings (SSSR count). The van der Waals surface area contributed by atoms with E-state index >= 15 is 0 Å². The molecule has 0 saturated heterocycles. The Labute approximate surface area is 82.6 Å². The topological polar surface area (TPSA) is 62.5 Å². The fourth-order valence-corrected chi connectivity index (χ4v) is 1.32. The predicted octanol–water partition coefficient (Wildman–Crippen LogP) is 0.420. The third-order valence-electron chi connectivity index (χ3n) is 2.20. The number of nitrogens with one attached hydrogen (secondary N) is 2. The SMILES string of the molecule is Cc1nocc1CNC1=NCC(C)N1. The molecule has 5 heteroatoms. The Morgan fingerprint density at radius 3 is 3.14 bits per heavy atom. The Morgan fingerprint density at radius 1 is 1.71 bits per heavy atom. The summed E-state index contributed by atoms with van der Waals surface area (Å²) in [4.78, 5) is 4.29. The van der Waals surface area contributed by atoms with Crippen LogP contribution in [-0.2, 0) is 6.54 Å². The molecule has 1 aromatic rings. The molecule has 14 heavy (non-hydrogen) atoms. The van der Waals surface area contributed by atoms with Crippen LogP contribution in [-0.4, -0.2) is 23.7 Å². The van der Waals surface area contributed by atoms with Crippen molar-refractivity contribution in [3.8, 4) is 0 Å². The standard InChI is InChI=1S/C9H14N4O/c1-6-3-10-9(12-6)11-4-8-5-14-13-7(8)2/h5-6H,3-4H2,1-2H3,(H2,10,11,12). The Hall–Kier alpha value is -1.52. The number of aryl methyl sites for hydroxylation is 1. The van der Waals surface area contributed by atoms with Crippen molar-refractivity contribution in [1.29, 1.82) is 0 Å². The summed E-state index contributed by atoms with van der Waals surface area (Å²) in [6.07, 6.45) is 1.65. The summed E-state index contributed by atoms with van der Waals surface area (Å²) in [6, 6.07) is 0.432. The van der Waals surface area contributed by atoms with E-state index < -0.39 is 0 Å². The van der Waals surface area contributed by atoms with E-state index in [1.54, 1.807) is 6.26 Å². The second-order valence-electron chi connectivity index (χ2n) is 3.51. The minimum atomic E-state index is 0.432. The van der Waals surface area contributed by atoms with Crippen molar-refractivity contribution in [2.45, 2.75) is 26.4 Å². The molecule has 1 aliphatic heterocycles. The lowest BCUT2D eigenvalue weighted by Gasteiger charge is -2.07. The Kier molecular flexibility index (Phi) is 2.39. The van der Waals surface area contributed by atoms with Crippen LogP contribution in [0.3, 0.4) is 0 Å². The molecule has 0 aromatic carbocycles. The average molecular weight is 194 g/mol. The van der Waals surface area contributed by atoms with Crippen molar-refractivity contribution in [3.63, 3.8) is 0 Å². The molecule has 0 bridgehead atoms. The molecule has 0 amide bonds. The first-order valence-corrected chi connectivity index (χ1v) is 4.70. The van der Waals surface area contributed by atoms with Crippen molar-refractivity contribution in [1.82, 2.24) is 15.8 Å². The van der Waals surface area contributed by atoms with Crippen LogP contribution in [0.2, 0.25) is 0 Å². The third-order valence-corrected chi connectivity index (χ3v) is 2.20. The molecule has 1 atom stereocenters. The largest absolute Gasteiger partial charge is 0.364 e. The normalized spacial score (nSPS) is 20.4. The predicted molar refractivity (Wildman–Crippen MR) is 53.0 cm³/mol.